The molecule has 0 aliphatic carbocycles. The highest BCUT2D eigenvalue weighted by atomic mass is 31.1. The van der Waals surface area contributed by atoms with Crippen molar-refractivity contribution in [3.05, 3.63) is 115 Å². The van der Waals surface area contributed by atoms with Crippen molar-refractivity contribution in [1.29, 1.82) is 0 Å². The summed E-state index contributed by atoms with van der Waals surface area (Å²) in [4.78, 5) is 17.3. The molecule has 4 aromatic rings. The lowest BCUT2D eigenvalue weighted by atomic mass is 10.2. The van der Waals surface area contributed by atoms with Gasteiger partial charge in [-0.1, -0.05) is 84.9 Å². The van der Waals surface area contributed by atoms with Gasteiger partial charge in [0.2, 0.25) is 0 Å². The molecule has 0 atom stereocenters. The van der Waals surface area contributed by atoms with Crippen LogP contribution in [0.2, 0.25) is 0 Å². The third-order valence-corrected chi connectivity index (χ3v) is 6.61. The van der Waals surface area contributed by atoms with Gasteiger partial charge in [-0.15, -0.1) is 0 Å². The standard InChI is InChI=1S/C24H19N2OP/c27-24(19-11-4-1-5-12-19)26-22-17-10-18-23(25-22)28(20-13-6-2-7-14-20)21-15-8-3-9-16-21/h1-18H,(H,25,26,27). The average Bonchev–Trinajstić information content (AvgIpc) is 2.76. The third kappa shape index (κ3) is 4.16. The number of pyridine rings is 1. The first-order valence-corrected chi connectivity index (χ1v) is 10.4. The molecule has 0 spiro atoms. The van der Waals surface area contributed by atoms with Crippen molar-refractivity contribution in [1.82, 2.24) is 4.98 Å². The first-order valence-electron chi connectivity index (χ1n) is 9.05. The molecule has 1 heterocycles. The minimum Gasteiger partial charge on any atom is -0.307 e. The maximum absolute atomic E-state index is 12.5. The Balaban J connectivity index is 1.68. The molecule has 0 radical (unpaired) electrons. The monoisotopic (exact) mass is 382 g/mol. The van der Waals surface area contributed by atoms with Crippen LogP contribution in [0.3, 0.4) is 0 Å². The van der Waals surface area contributed by atoms with Crippen LogP contribution in [0.25, 0.3) is 0 Å². The molecule has 4 heteroatoms. The number of benzene rings is 3. The molecule has 3 aromatic carbocycles. The van der Waals surface area contributed by atoms with Gasteiger partial charge in [-0.2, -0.15) is 0 Å². The second-order valence-electron chi connectivity index (χ2n) is 6.21. The van der Waals surface area contributed by atoms with Crippen molar-refractivity contribution >= 4 is 35.7 Å². The first-order chi connectivity index (χ1) is 13.8. The van der Waals surface area contributed by atoms with E-state index in [1.165, 1.54) is 10.6 Å². The molecule has 1 aromatic heterocycles. The lowest BCUT2D eigenvalue weighted by Crippen LogP contribution is -2.24. The van der Waals surface area contributed by atoms with Gasteiger partial charge in [0.25, 0.3) is 5.91 Å². The normalized spacial score (nSPS) is 10.6. The highest BCUT2D eigenvalue weighted by Crippen LogP contribution is 2.32. The number of carbonyl (C=O) groups is 1. The molecule has 28 heavy (non-hydrogen) atoms. The van der Waals surface area contributed by atoms with Gasteiger partial charge in [-0.25, -0.2) is 4.98 Å². The largest absolute Gasteiger partial charge is 0.307 e. The van der Waals surface area contributed by atoms with Crippen LogP contribution in [-0.2, 0) is 0 Å². The molecule has 4 rings (SSSR count). The van der Waals surface area contributed by atoms with Crippen LogP contribution >= 0.6 is 7.92 Å². The van der Waals surface area contributed by atoms with Gasteiger partial charge in [0.05, 0.1) is 5.44 Å². The lowest BCUT2D eigenvalue weighted by molar-refractivity contribution is 0.102. The van der Waals surface area contributed by atoms with Crippen molar-refractivity contribution in [3.63, 3.8) is 0 Å². The fraction of sp³-hybridized carbons (Fsp3) is 0. The van der Waals surface area contributed by atoms with Crippen LogP contribution in [0.1, 0.15) is 10.4 Å². The average molecular weight is 382 g/mol. The Morgan fingerprint density at radius 1 is 0.643 bits per heavy atom. The molecule has 1 amide bonds. The second kappa shape index (κ2) is 8.60. The molecule has 0 aliphatic heterocycles. The molecule has 0 aliphatic rings. The van der Waals surface area contributed by atoms with E-state index in [1.807, 2.05) is 48.5 Å². The summed E-state index contributed by atoms with van der Waals surface area (Å²) in [6.45, 7) is 0. The maximum Gasteiger partial charge on any atom is 0.256 e. The van der Waals surface area contributed by atoms with E-state index in [0.717, 1.165) is 5.44 Å². The van der Waals surface area contributed by atoms with Gasteiger partial charge in [-0.3, -0.25) is 4.79 Å². The Kier molecular flexibility index (Phi) is 5.56. The third-order valence-electron chi connectivity index (χ3n) is 4.27. The molecule has 136 valence electrons. The number of hydrogen-bond donors (Lipinski definition) is 1. The van der Waals surface area contributed by atoms with E-state index in [2.05, 4.69) is 53.8 Å². The van der Waals surface area contributed by atoms with Crippen LogP contribution in [0.4, 0.5) is 5.82 Å². The van der Waals surface area contributed by atoms with Crippen molar-refractivity contribution in [3.8, 4) is 0 Å². The summed E-state index contributed by atoms with van der Waals surface area (Å²) >= 11 is 0. The molecule has 0 saturated carbocycles. The van der Waals surface area contributed by atoms with E-state index in [1.54, 1.807) is 12.1 Å². The van der Waals surface area contributed by atoms with Gasteiger partial charge in [-0.05, 0) is 34.9 Å². The highest BCUT2D eigenvalue weighted by molar-refractivity contribution is 7.79. The zero-order valence-corrected chi connectivity index (χ0v) is 16.1. The minimum absolute atomic E-state index is 0.158. The summed E-state index contributed by atoms with van der Waals surface area (Å²) in [5.41, 5.74) is 1.57. The molecule has 0 fully saturated rings. The quantitative estimate of drug-likeness (QED) is 0.528. The number of anilines is 1. The van der Waals surface area contributed by atoms with Gasteiger partial charge in [0.1, 0.15) is 5.82 Å². The number of amides is 1. The van der Waals surface area contributed by atoms with Crippen LogP contribution < -0.4 is 21.4 Å². The Morgan fingerprint density at radius 2 is 1.18 bits per heavy atom. The fourth-order valence-electron chi connectivity index (χ4n) is 2.96. The summed E-state index contributed by atoms with van der Waals surface area (Å²) in [6, 6.07) is 35.8. The maximum atomic E-state index is 12.5. The van der Waals surface area contributed by atoms with Crippen LogP contribution in [0, 0.1) is 0 Å². The van der Waals surface area contributed by atoms with Crippen molar-refractivity contribution in [2.24, 2.45) is 0 Å². The Bertz CT molecular complexity index is 1010. The number of nitrogens with one attached hydrogen (secondary N) is 1. The summed E-state index contributed by atoms with van der Waals surface area (Å²) in [5, 5.41) is 5.37. The van der Waals surface area contributed by atoms with Crippen molar-refractivity contribution in [2.75, 3.05) is 5.32 Å². The molecule has 0 bridgehead atoms. The Hall–Kier alpha value is -3.29. The first kappa shape index (κ1) is 18.1. The zero-order valence-electron chi connectivity index (χ0n) is 15.2. The lowest BCUT2D eigenvalue weighted by Gasteiger charge is -2.19. The molecule has 1 N–H and O–H groups in total. The highest BCUT2D eigenvalue weighted by Gasteiger charge is 2.18. The van der Waals surface area contributed by atoms with E-state index in [0.29, 0.717) is 11.4 Å². The minimum atomic E-state index is -0.804. The van der Waals surface area contributed by atoms with Crippen LogP contribution in [-0.4, -0.2) is 10.9 Å². The SMILES string of the molecule is O=C(Nc1cccc(P(c2ccccc2)c2ccccc2)n1)c1ccccc1. The number of nitrogens with zero attached hydrogens (tertiary/aromatic N) is 1. The predicted octanol–water partition coefficient (Wildman–Crippen LogP) is 4.09. The smallest absolute Gasteiger partial charge is 0.256 e. The number of carbonyl (C=O) groups excluding carboxylic acids is 1. The zero-order chi connectivity index (χ0) is 19.2. The van der Waals surface area contributed by atoms with Gasteiger partial charge < -0.3 is 5.32 Å². The van der Waals surface area contributed by atoms with E-state index in [4.69, 9.17) is 4.98 Å². The van der Waals surface area contributed by atoms with Gasteiger partial charge in [0.15, 0.2) is 0 Å². The summed E-state index contributed by atoms with van der Waals surface area (Å²) in [7, 11) is -0.804. The molecule has 0 unspecified atom stereocenters. The van der Waals surface area contributed by atoms with Crippen molar-refractivity contribution in [2.45, 2.75) is 0 Å². The van der Waals surface area contributed by atoms with Crippen LogP contribution in [0.15, 0.2) is 109 Å². The van der Waals surface area contributed by atoms with E-state index in [-0.39, 0.29) is 5.91 Å². The number of hydrogen-bond acceptors (Lipinski definition) is 2. The van der Waals surface area contributed by atoms with Gasteiger partial charge in [0, 0.05) is 13.5 Å². The summed E-state index contributed by atoms with van der Waals surface area (Å²) in [5.74, 6) is 0.403. The van der Waals surface area contributed by atoms with Gasteiger partial charge >= 0.3 is 0 Å². The van der Waals surface area contributed by atoms with Crippen LogP contribution in [0.5, 0.6) is 0 Å². The van der Waals surface area contributed by atoms with E-state index in [9.17, 15) is 4.79 Å². The molecule has 0 saturated heterocycles. The molecular formula is C24H19N2OP. The molecule has 3 nitrogen and oxygen atoms in total. The fourth-order valence-corrected chi connectivity index (χ4v) is 5.17. The predicted molar refractivity (Wildman–Crippen MR) is 117 cm³/mol. The van der Waals surface area contributed by atoms with E-state index < -0.39 is 7.92 Å². The summed E-state index contributed by atoms with van der Waals surface area (Å²) in [6.07, 6.45) is 0. The van der Waals surface area contributed by atoms with Crippen molar-refractivity contribution < 1.29 is 4.79 Å². The second-order valence-corrected chi connectivity index (χ2v) is 8.37. The topological polar surface area (TPSA) is 42.0 Å². The van der Waals surface area contributed by atoms with E-state index >= 15 is 0 Å². The summed E-state index contributed by atoms with van der Waals surface area (Å²) < 4.78 is 0. The number of rotatable bonds is 5. The molecular weight excluding hydrogens is 363 g/mol. The Morgan fingerprint density at radius 3 is 1.75 bits per heavy atom. The Labute approximate surface area is 165 Å². The number of aromatic nitrogens is 1.